The van der Waals surface area contributed by atoms with Gasteiger partial charge in [-0.15, -0.1) is 0 Å². The molecule has 1 spiro atoms. The molecule has 1 heteroatoms. The summed E-state index contributed by atoms with van der Waals surface area (Å²) in [4.78, 5) is 2.66. The standard InChI is InChI=1S/C65H51N/c1-63(2)54-29-13-9-24-48(54)51-27-17-28-52(62(51)63)50-25-12-16-33-59(50)66(46-37-38-49-47-23-10-14-30-55(47)64(58(49)40-46)41-42-35-36-45(64)39-42)60-34-18-32-57-61(60)53-26-11-15-31-56(53)65(57,43-19-5-3-6-20-43)44-21-7-4-8-22-44/h3-34,37-38,40,42,45H,35-36,39,41H2,1-2H3. The van der Waals surface area contributed by atoms with Crippen LogP contribution in [0.25, 0.3) is 44.5 Å². The van der Waals surface area contributed by atoms with Crippen LogP contribution in [0.4, 0.5) is 17.1 Å². The van der Waals surface area contributed by atoms with Gasteiger partial charge in [0.1, 0.15) is 0 Å². The SMILES string of the molecule is CC1(C)c2ccccc2-c2cccc(-c3ccccc3N(c3ccc4c(c3)C3(CC5CCC3C5)c3ccccc3-4)c3cccc4c3-c3ccccc3C4(c3ccccc3)c3ccccc3)c21. The second-order valence-electron chi connectivity index (χ2n) is 20.3. The minimum Gasteiger partial charge on any atom is -0.309 e. The summed E-state index contributed by atoms with van der Waals surface area (Å²) in [6, 6.07) is 81.1. The van der Waals surface area contributed by atoms with E-state index in [-0.39, 0.29) is 10.8 Å². The van der Waals surface area contributed by atoms with Gasteiger partial charge in [-0.2, -0.15) is 0 Å². The zero-order chi connectivity index (χ0) is 43.8. The van der Waals surface area contributed by atoms with E-state index in [0.29, 0.717) is 5.92 Å². The highest BCUT2D eigenvalue weighted by Gasteiger charge is 2.57. The molecule has 5 aliphatic rings. The van der Waals surface area contributed by atoms with Gasteiger partial charge in [-0.3, -0.25) is 0 Å². The van der Waals surface area contributed by atoms with Crippen LogP contribution in [-0.4, -0.2) is 0 Å². The summed E-state index contributed by atoms with van der Waals surface area (Å²) < 4.78 is 0. The summed E-state index contributed by atoms with van der Waals surface area (Å²) in [6.45, 7) is 4.84. The van der Waals surface area contributed by atoms with E-state index in [4.69, 9.17) is 0 Å². The van der Waals surface area contributed by atoms with Crippen molar-refractivity contribution >= 4 is 17.1 Å². The summed E-state index contributed by atoms with van der Waals surface area (Å²) in [5, 5.41) is 0. The summed E-state index contributed by atoms with van der Waals surface area (Å²) in [5.41, 5.74) is 24.7. The Morgan fingerprint density at radius 2 is 0.939 bits per heavy atom. The minimum absolute atomic E-state index is 0.0487. The van der Waals surface area contributed by atoms with E-state index in [2.05, 4.69) is 231 Å². The van der Waals surface area contributed by atoms with Crippen LogP contribution in [0.1, 0.15) is 84.0 Å². The highest BCUT2D eigenvalue weighted by molar-refractivity contribution is 6.01. The molecule has 5 aliphatic carbocycles. The van der Waals surface area contributed by atoms with Crippen LogP contribution >= 0.6 is 0 Å². The molecular formula is C65H51N. The Hall–Kier alpha value is -7.22. The third-order valence-corrected chi connectivity index (χ3v) is 17.0. The van der Waals surface area contributed by atoms with Gasteiger partial charge >= 0.3 is 0 Å². The van der Waals surface area contributed by atoms with Crippen LogP contribution in [0.5, 0.6) is 0 Å². The maximum atomic E-state index is 2.66. The van der Waals surface area contributed by atoms with Gasteiger partial charge in [0.25, 0.3) is 0 Å². The Morgan fingerprint density at radius 3 is 1.64 bits per heavy atom. The van der Waals surface area contributed by atoms with Crippen molar-refractivity contribution in [3.8, 4) is 44.5 Å². The van der Waals surface area contributed by atoms with Crippen molar-refractivity contribution in [2.75, 3.05) is 4.90 Å². The molecule has 0 radical (unpaired) electrons. The molecule has 3 atom stereocenters. The predicted octanol–water partition coefficient (Wildman–Crippen LogP) is 16.6. The van der Waals surface area contributed by atoms with Crippen molar-refractivity contribution in [2.45, 2.75) is 55.8 Å². The lowest BCUT2D eigenvalue weighted by atomic mass is 9.67. The largest absolute Gasteiger partial charge is 0.309 e. The molecule has 9 aromatic carbocycles. The van der Waals surface area contributed by atoms with Crippen LogP contribution < -0.4 is 4.90 Å². The lowest BCUT2D eigenvalue weighted by Crippen LogP contribution is -2.32. The molecule has 0 amide bonds. The molecule has 3 unspecified atom stereocenters. The molecule has 0 heterocycles. The van der Waals surface area contributed by atoms with Gasteiger partial charge in [0, 0.05) is 27.6 Å². The van der Waals surface area contributed by atoms with E-state index in [1.807, 2.05) is 0 Å². The Morgan fingerprint density at radius 1 is 0.409 bits per heavy atom. The Bertz CT molecular complexity index is 3390. The van der Waals surface area contributed by atoms with Crippen LogP contribution in [0.3, 0.4) is 0 Å². The van der Waals surface area contributed by atoms with Crippen LogP contribution in [-0.2, 0) is 16.2 Å². The number of para-hydroxylation sites is 1. The first-order valence-electron chi connectivity index (χ1n) is 24.2. The van der Waals surface area contributed by atoms with Crippen molar-refractivity contribution in [1.29, 1.82) is 0 Å². The average Bonchev–Trinajstić information content (AvgIpc) is 4.18. The van der Waals surface area contributed by atoms with Crippen molar-refractivity contribution in [3.63, 3.8) is 0 Å². The molecule has 1 nitrogen and oxygen atoms in total. The highest BCUT2D eigenvalue weighted by atomic mass is 15.1. The van der Waals surface area contributed by atoms with E-state index in [1.54, 1.807) is 5.56 Å². The molecule has 2 fully saturated rings. The molecule has 0 N–H and O–H groups in total. The molecule has 0 aliphatic heterocycles. The smallest absolute Gasteiger partial charge is 0.0714 e. The van der Waals surface area contributed by atoms with Crippen molar-refractivity contribution in [1.82, 2.24) is 0 Å². The summed E-state index contributed by atoms with van der Waals surface area (Å²) >= 11 is 0. The first-order chi connectivity index (χ1) is 32.5. The summed E-state index contributed by atoms with van der Waals surface area (Å²) in [7, 11) is 0. The Balaban J connectivity index is 1.07. The lowest BCUT2D eigenvalue weighted by Gasteiger charge is -2.37. The van der Waals surface area contributed by atoms with E-state index >= 15 is 0 Å². The average molecular weight is 846 g/mol. The monoisotopic (exact) mass is 845 g/mol. The first kappa shape index (κ1) is 38.1. The number of benzene rings is 9. The van der Waals surface area contributed by atoms with Gasteiger partial charge in [0.2, 0.25) is 0 Å². The van der Waals surface area contributed by atoms with Crippen molar-refractivity contribution < 1.29 is 0 Å². The van der Waals surface area contributed by atoms with Gasteiger partial charge in [0.15, 0.2) is 0 Å². The van der Waals surface area contributed by atoms with E-state index in [1.165, 1.54) is 126 Å². The second kappa shape index (κ2) is 13.9. The maximum absolute atomic E-state index is 2.66. The van der Waals surface area contributed by atoms with Gasteiger partial charge in [-0.25, -0.2) is 0 Å². The molecule has 0 aromatic heterocycles. The molecule has 9 aromatic rings. The maximum Gasteiger partial charge on any atom is 0.0714 e. The van der Waals surface area contributed by atoms with Crippen LogP contribution in [0.2, 0.25) is 0 Å². The fourth-order valence-electron chi connectivity index (χ4n) is 14.6. The molecule has 66 heavy (non-hydrogen) atoms. The number of hydrogen-bond acceptors (Lipinski definition) is 1. The number of anilines is 3. The molecular weight excluding hydrogens is 795 g/mol. The summed E-state index contributed by atoms with van der Waals surface area (Å²) in [5.74, 6) is 1.46. The minimum atomic E-state index is -0.515. The first-order valence-corrected chi connectivity index (χ1v) is 24.2. The van der Waals surface area contributed by atoms with Gasteiger partial charge in [-0.05, 0) is 133 Å². The Kier molecular flexibility index (Phi) is 8.02. The number of fused-ring (bicyclic) bond motifs is 14. The lowest BCUT2D eigenvalue weighted by molar-refractivity contribution is 0.327. The van der Waals surface area contributed by atoms with Crippen molar-refractivity contribution in [3.05, 3.63) is 257 Å². The summed E-state index contributed by atoms with van der Waals surface area (Å²) in [6.07, 6.45) is 5.27. The fraction of sp³-hybridized carbons (Fsp3) is 0.169. The van der Waals surface area contributed by atoms with Gasteiger partial charge in [-0.1, -0.05) is 208 Å². The third-order valence-electron chi connectivity index (χ3n) is 17.0. The third kappa shape index (κ3) is 4.91. The quantitative estimate of drug-likeness (QED) is 0.161. The predicted molar refractivity (Wildman–Crippen MR) is 273 cm³/mol. The molecule has 316 valence electrons. The fourth-order valence-corrected chi connectivity index (χ4v) is 14.6. The molecule has 2 bridgehead atoms. The normalized spacial score (nSPS) is 20.3. The van der Waals surface area contributed by atoms with E-state index < -0.39 is 5.41 Å². The molecule has 14 rings (SSSR count). The zero-order valence-corrected chi connectivity index (χ0v) is 37.6. The topological polar surface area (TPSA) is 3.24 Å². The zero-order valence-electron chi connectivity index (χ0n) is 37.6. The second-order valence-corrected chi connectivity index (χ2v) is 20.3. The highest BCUT2D eigenvalue weighted by Crippen LogP contribution is 2.67. The number of nitrogens with zero attached hydrogens (tertiary/aromatic N) is 1. The Labute approximate surface area is 389 Å². The van der Waals surface area contributed by atoms with E-state index in [9.17, 15) is 0 Å². The number of rotatable bonds is 6. The van der Waals surface area contributed by atoms with Crippen LogP contribution in [0, 0.1) is 11.8 Å². The van der Waals surface area contributed by atoms with Crippen molar-refractivity contribution in [2.24, 2.45) is 11.8 Å². The van der Waals surface area contributed by atoms with Gasteiger partial charge in [0.05, 0.1) is 16.8 Å². The molecule has 0 saturated heterocycles. The van der Waals surface area contributed by atoms with Gasteiger partial charge < -0.3 is 4.90 Å². The van der Waals surface area contributed by atoms with Crippen LogP contribution in [0.15, 0.2) is 212 Å². The molecule has 2 saturated carbocycles. The van der Waals surface area contributed by atoms with E-state index in [0.717, 1.165) is 5.92 Å². The number of hydrogen-bond donors (Lipinski definition) is 0.